The molecule has 0 heterocycles. The molecule has 0 aliphatic heterocycles. The molecule has 0 spiro atoms. The molecule has 8 heteroatoms. The summed E-state index contributed by atoms with van der Waals surface area (Å²) in [6, 6.07) is 12.2. The number of esters is 1. The molecule has 0 saturated carbocycles. The number of hydrogen-bond acceptors (Lipinski definition) is 6. The minimum Gasteiger partial charge on any atom is -0.497 e. The maximum absolute atomic E-state index is 12.7. The Balaban J connectivity index is 1.97. The average molecular weight is 456 g/mol. The number of hydrogen-bond donors (Lipinski definition) is 3. The third-order valence-corrected chi connectivity index (χ3v) is 5.21. The summed E-state index contributed by atoms with van der Waals surface area (Å²) < 4.78 is 15.8. The van der Waals surface area contributed by atoms with Crippen molar-refractivity contribution in [1.82, 2.24) is 5.32 Å². The Hall–Kier alpha value is -3.55. The number of aryl methyl sites for hydroxylation is 1. The summed E-state index contributed by atoms with van der Waals surface area (Å²) in [5.74, 6) is 0.652. The topological polar surface area (TPSA) is 124 Å². The van der Waals surface area contributed by atoms with E-state index < -0.39 is 12.0 Å². The third-order valence-electron chi connectivity index (χ3n) is 5.21. The number of nitrogens with one attached hydrogen (secondary N) is 2. The molecular formula is C25H33N3O5. The summed E-state index contributed by atoms with van der Waals surface area (Å²) in [5.41, 5.74) is 7.98. The number of ether oxygens (including phenoxy) is 3. The molecule has 0 aliphatic rings. The van der Waals surface area contributed by atoms with Gasteiger partial charge in [-0.2, -0.15) is 0 Å². The standard InChI is InChI=1S/C25H33N3O5/c1-4-33-24(30)16-21(20-14-13-19(31-2)15-22(20)32-3)28-23(29)8-6-5-7-17-9-11-18(12-10-17)25(26)27/h9-15,21H,4-8,16H2,1-3H3,(H3,26,27)(H,28,29). The van der Waals surface area contributed by atoms with Crippen LogP contribution in [-0.2, 0) is 20.7 Å². The summed E-state index contributed by atoms with van der Waals surface area (Å²) in [6.45, 7) is 2.01. The van der Waals surface area contributed by atoms with Crippen molar-refractivity contribution in [3.05, 3.63) is 59.2 Å². The molecule has 0 aliphatic carbocycles. The zero-order valence-corrected chi connectivity index (χ0v) is 19.5. The quantitative estimate of drug-likeness (QED) is 0.184. The van der Waals surface area contributed by atoms with E-state index >= 15 is 0 Å². The van der Waals surface area contributed by atoms with Crippen molar-refractivity contribution < 1.29 is 23.8 Å². The largest absolute Gasteiger partial charge is 0.497 e. The highest BCUT2D eigenvalue weighted by atomic mass is 16.5. The molecule has 178 valence electrons. The highest BCUT2D eigenvalue weighted by Gasteiger charge is 2.23. The predicted molar refractivity (Wildman–Crippen MR) is 127 cm³/mol. The van der Waals surface area contributed by atoms with Gasteiger partial charge in [-0.05, 0) is 43.9 Å². The Bertz CT molecular complexity index is 944. The molecule has 4 N–H and O–H groups in total. The zero-order chi connectivity index (χ0) is 24.2. The highest BCUT2D eigenvalue weighted by molar-refractivity contribution is 5.94. The first-order valence-electron chi connectivity index (χ1n) is 11.0. The number of amides is 1. The maximum Gasteiger partial charge on any atom is 0.308 e. The first-order valence-corrected chi connectivity index (χ1v) is 11.0. The molecule has 0 fully saturated rings. The van der Waals surface area contributed by atoms with Crippen LogP contribution >= 0.6 is 0 Å². The van der Waals surface area contributed by atoms with E-state index in [4.69, 9.17) is 25.4 Å². The Kier molecular flexibility index (Phi) is 10.2. The second kappa shape index (κ2) is 13.1. The van der Waals surface area contributed by atoms with E-state index in [1.807, 2.05) is 24.3 Å². The number of methoxy groups -OCH3 is 2. The van der Waals surface area contributed by atoms with Crippen molar-refractivity contribution in [2.75, 3.05) is 20.8 Å². The van der Waals surface area contributed by atoms with E-state index in [0.29, 0.717) is 35.5 Å². The molecule has 0 radical (unpaired) electrons. The number of benzene rings is 2. The number of nitrogen functional groups attached to an aromatic ring is 1. The second-order valence-electron chi connectivity index (χ2n) is 7.55. The Morgan fingerprint density at radius 1 is 1.06 bits per heavy atom. The lowest BCUT2D eigenvalue weighted by Gasteiger charge is -2.21. The van der Waals surface area contributed by atoms with Gasteiger partial charge in [0.05, 0.1) is 33.3 Å². The lowest BCUT2D eigenvalue weighted by Crippen LogP contribution is -2.30. The number of nitrogens with two attached hydrogens (primary N) is 1. The van der Waals surface area contributed by atoms with Gasteiger partial charge in [-0.25, -0.2) is 0 Å². The summed E-state index contributed by atoms with van der Waals surface area (Å²) >= 11 is 0. The number of carbonyl (C=O) groups excluding carboxylic acids is 2. The molecule has 0 saturated heterocycles. The summed E-state index contributed by atoms with van der Waals surface area (Å²) in [7, 11) is 3.09. The van der Waals surface area contributed by atoms with Crippen LogP contribution in [0.4, 0.5) is 0 Å². The van der Waals surface area contributed by atoms with Gasteiger partial charge >= 0.3 is 5.97 Å². The van der Waals surface area contributed by atoms with Gasteiger partial charge in [-0.3, -0.25) is 15.0 Å². The molecule has 2 rings (SSSR count). The Labute approximate surface area is 194 Å². The van der Waals surface area contributed by atoms with Gasteiger partial charge in [-0.1, -0.05) is 24.3 Å². The monoisotopic (exact) mass is 455 g/mol. The van der Waals surface area contributed by atoms with Crippen molar-refractivity contribution in [1.29, 1.82) is 5.41 Å². The summed E-state index contributed by atoms with van der Waals surface area (Å²) in [6.07, 6.45) is 2.70. The average Bonchev–Trinajstić information content (AvgIpc) is 2.81. The van der Waals surface area contributed by atoms with E-state index in [0.717, 1.165) is 18.4 Å². The van der Waals surface area contributed by atoms with Crippen LogP contribution < -0.4 is 20.5 Å². The normalized spacial score (nSPS) is 11.4. The van der Waals surface area contributed by atoms with Gasteiger partial charge in [0, 0.05) is 23.6 Å². The number of unbranched alkanes of at least 4 members (excludes halogenated alkanes) is 1. The van der Waals surface area contributed by atoms with E-state index in [-0.39, 0.29) is 24.8 Å². The fraction of sp³-hybridized carbons (Fsp3) is 0.400. The maximum atomic E-state index is 12.7. The first-order chi connectivity index (χ1) is 15.9. The number of carbonyl (C=O) groups is 2. The highest BCUT2D eigenvalue weighted by Crippen LogP contribution is 2.31. The van der Waals surface area contributed by atoms with Gasteiger partial charge in [0.1, 0.15) is 17.3 Å². The number of rotatable bonds is 13. The smallest absolute Gasteiger partial charge is 0.308 e. The van der Waals surface area contributed by atoms with Gasteiger partial charge in [0.25, 0.3) is 0 Å². The predicted octanol–water partition coefficient (Wildman–Crippen LogP) is 3.51. The van der Waals surface area contributed by atoms with Gasteiger partial charge < -0.3 is 25.3 Å². The van der Waals surface area contributed by atoms with Crippen LogP contribution in [0.3, 0.4) is 0 Å². The van der Waals surface area contributed by atoms with Crippen LogP contribution in [0.2, 0.25) is 0 Å². The zero-order valence-electron chi connectivity index (χ0n) is 19.5. The number of amidine groups is 1. The van der Waals surface area contributed by atoms with Crippen molar-refractivity contribution in [3.63, 3.8) is 0 Å². The van der Waals surface area contributed by atoms with Crippen molar-refractivity contribution in [2.24, 2.45) is 5.73 Å². The fourth-order valence-corrected chi connectivity index (χ4v) is 3.46. The van der Waals surface area contributed by atoms with Crippen molar-refractivity contribution >= 4 is 17.7 Å². The minimum atomic E-state index is -0.573. The minimum absolute atomic E-state index is 0.00473. The Morgan fingerprint density at radius 2 is 1.79 bits per heavy atom. The van der Waals surface area contributed by atoms with Gasteiger partial charge in [-0.15, -0.1) is 0 Å². The van der Waals surface area contributed by atoms with E-state index in [2.05, 4.69) is 5.32 Å². The lowest BCUT2D eigenvalue weighted by molar-refractivity contribution is -0.143. The molecular weight excluding hydrogens is 422 g/mol. The van der Waals surface area contributed by atoms with Crippen LogP contribution in [0, 0.1) is 5.41 Å². The van der Waals surface area contributed by atoms with Crippen LogP contribution in [0.1, 0.15) is 55.3 Å². The van der Waals surface area contributed by atoms with E-state index in [1.165, 1.54) is 7.11 Å². The fourth-order valence-electron chi connectivity index (χ4n) is 3.46. The molecule has 2 aromatic rings. The van der Waals surface area contributed by atoms with Crippen LogP contribution in [0.5, 0.6) is 11.5 Å². The second-order valence-corrected chi connectivity index (χ2v) is 7.55. The Morgan fingerprint density at radius 3 is 2.39 bits per heavy atom. The molecule has 1 unspecified atom stereocenters. The SMILES string of the molecule is CCOC(=O)CC(NC(=O)CCCCc1ccc(C(=N)N)cc1)c1ccc(OC)cc1OC. The molecule has 33 heavy (non-hydrogen) atoms. The van der Waals surface area contributed by atoms with E-state index in [9.17, 15) is 9.59 Å². The molecule has 2 aromatic carbocycles. The molecule has 0 bridgehead atoms. The first kappa shape index (κ1) is 25.7. The van der Waals surface area contributed by atoms with E-state index in [1.54, 1.807) is 32.2 Å². The summed E-state index contributed by atoms with van der Waals surface area (Å²) in [5, 5.41) is 10.4. The van der Waals surface area contributed by atoms with Gasteiger partial charge in [0.15, 0.2) is 0 Å². The van der Waals surface area contributed by atoms with Crippen LogP contribution in [0.25, 0.3) is 0 Å². The van der Waals surface area contributed by atoms with Crippen molar-refractivity contribution in [3.8, 4) is 11.5 Å². The third kappa shape index (κ3) is 8.14. The van der Waals surface area contributed by atoms with Crippen molar-refractivity contribution in [2.45, 2.75) is 45.1 Å². The van der Waals surface area contributed by atoms with Crippen LogP contribution in [-0.4, -0.2) is 38.5 Å². The molecule has 8 nitrogen and oxygen atoms in total. The lowest BCUT2D eigenvalue weighted by atomic mass is 10.0. The van der Waals surface area contributed by atoms with Gasteiger partial charge in [0.2, 0.25) is 5.91 Å². The molecule has 0 aromatic heterocycles. The van der Waals surface area contributed by atoms with Crippen LogP contribution in [0.15, 0.2) is 42.5 Å². The molecule has 1 atom stereocenters. The molecule has 1 amide bonds. The summed E-state index contributed by atoms with van der Waals surface area (Å²) in [4.78, 5) is 24.8.